The van der Waals surface area contributed by atoms with Crippen molar-refractivity contribution in [3.8, 4) is 0 Å². The lowest BCUT2D eigenvalue weighted by Crippen LogP contribution is -2.18. The average molecular weight is 271 g/mol. The fourth-order valence-corrected chi connectivity index (χ4v) is 2.07. The predicted octanol–water partition coefficient (Wildman–Crippen LogP) is 2.24. The van der Waals surface area contributed by atoms with Crippen LogP contribution in [0.3, 0.4) is 0 Å². The van der Waals surface area contributed by atoms with E-state index in [9.17, 15) is 13.6 Å². The number of hydrogen-bond donors (Lipinski definition) is 3. The van der Waals surface area contributed by atoms with Crippen LogP contribution in [0.4, 0.5) is 14.5 Å². The molecule has 1 saturated carbocycles. The monoisotopic (exact) mass is 271 g/mol. The maximum Gasteiger partial charge on any atom is 0.335 e. The number of carboxylic acids is 1. The molecule has 0 radical (unpaired) electrons. The summed E-state index contributed by atoms with van der Waals surface area (Å²) in [6, 6.07) is 1.58. The van der Waals surface area contributed by atoms with E-state index in [-0.39, 0.29) is 17.7 Å². The highest BCUT2D eigenvalue weighted by Gasteiger charge is 2.41. The standard InChI is InChI=1S/C13H15F2NO3/c14-9-5-8(12(18)19)6-10(15)11(9)16-7-13(1-2-13)3-4-17/h5-6,16-17H,1-4,7H2,(H,18,19). The Morgan fingerprint density at radius 2 is 1.89 bits per heavy atom. The van der Waals surface area contributed by atoms with Crippen molar-refractivity contribution in [3.63, 3.8) is 0 Å². The summed E-state index contributed by atoms with van der Waals surface area (Å²) in [5.41, 5.74) is -0.815. The molecule has 6 heteroatoms. The lowest BCUT2D eigenvalue weighted by Gasteiger charge is -2.16. The van der Waals surface area contributed by atoms with Crippen LogP contribution in [0.2, 0.25) is 0 Å². The molecule has 0 aromatic heterocycles. The second-order valence-corrected chi connectivity index (χ2v) is 4.95. The second kappa shape index (κ2) is 5.13. The Bertz CT molecular complexity index is 478. The van der Waals surface area contributed by atoms with Gasteiger partial charge in [0.25, 0.3) is 0 Å². The summed E-state index contributed by atoms with van der Waals surface area (Å²) >= 11 is 0. The fourth-order valence-electron chi connectivity index (χ4n) is 2.07. The number of nitrogens with one attached hydrogen (secondary N) is 1. The van der Waals surface area contributed by atoms with Crippen LogP contribution in [0.1, 0.15) is 29.6 Å². The van der Waals surface area contributed by atoms with Crippen LogP contribution in [0.15, 0.2) is 12.1 Å². The molecule has 0 aliphatic heterocycles. The van der Waals surface area contributed by atoms with Gasteiger partial charge in [-0.25, -0.2) is 13.6 Å². The van der Waals surface area contributed by atoms with Gasteiger partial charge in [-0.3, -0.25) is 0 Å². The maximum atomic E-state index is 13.6. The Kier molecular flexibility index (Phi) is 3.71. The Morgan fingerprint density at radius 3 is 2.32 bits per heavy atom. The fraction of sp³-hybridized carbons (Fsp3) is 0.462. The van der Waals surface area contributed by atoms with Gasteiger partial charge >= 0.3 is 5.97 Å². The molecule has 0 atom stereocenters. The van der Waals surface area contributed by atoms with E-state index in [0.29, 0.717) is 13.0 Å². The van der Waals surface area contributed by atoms with Crippen molar-refractivity contribution >= 4 is 11.7 Å². The molecule has 0 unspecified atom stereocenters. The highest BCUT2D eigenvalue weighted by Crippen LogP contribution is 2.48. The van der Waals surface area contributed by atoms with Gasteiger partial charge in [0.2, 0.25) is 0 Å². The average Bonchev–Trinajstić information content (AvgIpc) is 3.08. The molecule has 0 saturated heterocycles. The number of aliphatic hydroxyl groups excluding tert-OH is 1. The van der Waals surface area contributed by atoms with Crippen LogP contribution < -0.4 is 5.32 Å². The minimum atomic E-state index is -1.37. The molecular weight excluding hydrogens is 256 g/mol. The largest absolute Gasteiger partial charge is 0.478 e. The zero-order valence-electron chi connectivity index (χ0n) is 10.2. The highest BCUT2D eigenvalue weighted by molar-refractivity contribution is 5.88. The highest BCUT2D eigenvalue weighted by atomic mass is 19.1. The van der Waals surface area contributed by atoms with E-state index in [1.807, 2.05) is 0 Å². The minimum Gasteiger partial charge on any atom is -0.478 e. The van der Waals surface area contributed by atoms with Gasteiger partial charge in [-0.05, 0) is 36.8 Å². The third-order valence-electron chi connectivity index (χ3n) is 3.53. The van der Waals surface area contributed by atoms with E-state index in [4.69, 9.17) is 10.2 Å². The first-order chi connectivity index (χ1) is 8.97. The van der Waals surface area contributed by atoms with E-state index in [1.54, 1.807) is 0 Å². The quantitative estimate of drug-likeness (QED) is 0.742. The van der Waals surface area contributed by atoms with Crippen molar-refractivity contribution < 1.29 is 23.8 Å². The number of benzene rings is 1. The molecular formula is C13H15F2NO3. The van der Waals surface area contributed by atoms with Crippen LogP contribution in [-0.4, -0.2) is 29.3 Å². The SMILES string of the molecule is O=C(O)c1cc(F)c(NCC2(CCO)CC2)c(F)c1. The van der Waals surface area contributed by atoms with Crippen LogP contribution >= 0.6 is 0 Å². The van der Waals surface area contributed by atoms with Crippen molar-refractivity contribution in [2.24, 2.45) is 5.41 Å². The smallest absolute Gasteiger partial charge is 0.335 e. The summed E-state index contributed by atoms with van der Waals surface area (Å²) in [7, 11) is 0. The molecule has 1 aliphatic rings. The molecule has 104 valence electrons. The van der Waals surface area contributed by atoms with Crippen LogP contribution in [0.5, 0.6) is 0 Å². The summed E-state index contributed by atoms with van der Waals surface area (Å²) in [4.78, 5) is 10.6. The molecule has 0 spiro atoms. The number of aromatic carboxylic acids is 1. The zero-order valence-corrected chi connectivity index (χ0v) is 10.2. The summed E-state index contributed by atoms with van der Waals surface area (Å²) < 4.78 is 27.3. The Morgan fingerprint density at radius 1 is 1.32 bits per heavy atom. The molecule has 1 fully saturated rings. The molecule has 4 nitrogen and oxygen atoms in total. The molecule has 0 amide bonds. The summed E-state index contributed by atoms with van der Waals surface area (Å²) in [5, 5.41) is 20.3. The zero-order chi connectivity index (χ0) is 14.0. The molecule has 1 aromatic carbocycles. The normalized spacial score (nSPS) is 16.2. The molecule has 2 rings (SSSR count). The van der Waals surface area contributed by atoms with E-state index in [1.165, 1.54) is 0 Å². The van der Waals surface area contributed by atoms with Crippen molar-refractivity contribution in [1.29, 1.82) is 0 Å². The number of hydrogen-bond acceptors (Lipinski definition) is 3. The maximum absolute atomic E-state index is 13.6. The van der Waals surface area contributed by atoms with E-state index < -0.39 is 23.2 Å². The van der Waals surface area contributed by atoms with Gasteiger partial charge < -0.3 is 15.5 Å². The van der Waals surface area contributed by atoms with Gasteiger partial charge in [-0.15, -0.1) is 0 Å². The molecule has 0 heterocycles. The number of anilines is 1. The van der Waals surface area contributed by atoms with Gasteiger partial charge in [0, 0.05) is 13.2 Å². The lowest BCUT2D eigenvalue weighted by molar-refractivity contribution is 0.0695. The van der Waals surface area contributed by atoms with Gasteiger partial charge in [0.15, 0.2) is 0 Å². The van der Waals surface area contributed by atoms with Crippen molar-refractivity contribution in [2.45, 2.75) is 19.3 Å². The Hall–Kier alpha value is -1.69. The summed E-state index contributed by atoms with van der Waals surface area (Å²) in [6.45, 7) is 0.415. The molecule has 1 aromatic rings. The number of aliphatic hydroxyl groups is 1. The van der Waals surface area contributed by atoms with Crippen LogP contribution in [-0.2, 0) is 0 Å². The molecule has 19 heavy (non-hydrogen) atoms. The van der Waals surface area contributed by atoms with Crippen molar-refractivity contribution in [2.75, 3.05) is 18.5 Å². The van der Waals surface area contributed by atoms with E-state index in [0.717, 1.165) is 25.0 Å². The number of carbonyl (C=O) groups is 1. The first-order valence-electron chi connectivity index (χ1n) is 6.04. The number of rotatable bonds is 6. The molecule has 0 bridgehead atoms. The molecule has 1 aliphatic carbocycles. The van der Waals surface area contributed by atoms with Crippen LogP contribution in [0, 0.1) is 17.0 Å². The third-order valence-corrected chi connectivity index (χ3v) is 3.53. The Balaban J connectivity index is 2.11. The third kappa shape index (κ3) is 3.01. The van der Waals surface area contributed by atoms with Gasteiger partial charge in [0.1, 0.15) is 17.3 Å². The van der Waals surface area contributed by atoms with Gasteiger partial charge in [-0.1, -0.05) is 0 Å². The first-order valence-corrected chi connectivity index (χ1v) is 6.04. The van der Waals surface area contributed by atoms with Gasteiger partial charge in [0.05, 0.1) is 5.56 Å². The molecule has 3 N–H and O–H groups in total. The van der Waals surface area contributed by atoms with Crippen molar-refractivity contribution in [3.05, 3.63) is 29.3 Å². The van der Waals surface area contributed by atoms with Gasteiger partial charge in [-0.2, -0.15) is 0 Å². The van der Waals surface area contributed by atoms with E-state index >= 15 is 0 Å². The Labute approximate surface area is 109 Å². The number of halogens is 2. The lowest BCUT2D eigenvalue weighted by atomic mass is 10.0. The van der Waals surface area contributed by atoms with Crippen LogP contribution in [0.25, 0.3) is 0 Å². The topological polar surface area (TPSA) is 69.6 Å². The summed E-state index contributed by atoms with van der Waals surface area (Å²) in [6.07, 6.45) is 2.42. The summed E-state index contributed by atoms with van der Waals surface area (Å²) in [5.74, 6) is -3.21. The second-order valence-electron chi connectivity index (χ2n) is 4.95. The number of carboxylic acid groups (broad SMARTS) is 1. The van der Waals surface area contributed by atoms with Crippen molar-refractivity contribution in [1.82, 2.24) is 0 Å². The first kappa shape index (κ1) is 13.7. The predicted molar refractivity (Wildman–Crippen MR) is 65.2 cm³/mol. The minimum absolute atomic E-state index is 0.0462. The van der Waals surface area contributed by atoms with E-state index in [2.05, 4.69) is 5.32 Å².